The van der Waals surface area contributed by atoms with E-state index in [1.807, 2.05) is 18.2 Å². The van der Waals surface area contributed by atoms with Crippen LogP contribution in [-0.4, -0.2) is 12.2 Å². The van der Waals surface area contributed by atoms with Gasteiger partial charge < -0.3 is 9.84 Å². The van der Waals surface area contributed by atoms with Crippen LogP contribution in [0.25, 0.3) is 5.57 Å². The lowest BCUT2D eigenvalue weighted by Crippen LogP contribution is -1.99. The number of methoxy groups -OCH3 is 1. The maximum absolute atomic E-state index is 9.38. The van der Waals surface area contributed by atoms with E-state index >= 15 is 0 Å². The van der Waals surface area contributed by atoms with Gasteiger partial charge in [0.25, 0.3) is 0 Å². The average molecular weight is 336 g/mol. The molecule has 0 aliphatic heterocycles. The molecular formula is C23H28O2. The molecule has 0 saturated carbocycles. The molecule has 0 heterocycles. The summed E-state index contributed by atoms with van der Waals surface area (Å²) < 4.78 is 5.55. The van der Waals surface area contributed by atoms with Crippen LogP contribution in [0.3, 0.4) is 0 Å². The number of aryl methyl sites for hydroxylation is 1. The molecule has 0 bridgehead atoms. The highest BCUT2D eigenvalue weighted by atomic mass is 16.5. The van der Waals surface area contributed by atoms with E-state index in [1.54, 1.807) is 19.2 Å². The highest BCUT2D eigenvalue weighted by Crippen LogP contribution is 2.31. The SMILES string of the molecule is C=C(CCc1ccc(O)cc1)c1ccc(OC)c(CC=C(C)C)c1C. The Morgan fingerprint density at radius 1 is 1.12 bits per heavy atom. The number of benzene rings is 2. The zero-order valence-electron chi connectivity index (χ0n) is 15.7. The largest absolute Gasteiger partial charge is 0.508 e. The second-order valence-electron chi connectivity index (χ2n) is 6.67. The number of aromatic hydroxyl groups is 1. The third kappa shape index (κ3) is 4.99. The molecule has 0 radical (unpaired) electrons. The number of hydrogen-bond acceptors (Lipinski definition) is 2. The van der Waals surface area contributed by atoms with Gasteiger partial charge in [0.15, 0.2) is 0 Å². The summed E-state index contributed by atoms with van der Waals surface area (Å²) in [5.74, 6) is 1.24. The van der Waals surface area contributed by atoms with Crippen LogP contribution < -0.4 is 4.74 Å². The molecule has 0 fully saturated rings. The Hall–Kier alpha value is -2.48. The molecule has 2 aromatic rings. The fraction of sp³-hybridized carbons (Fsp3) is 0.304. The molecule has 0 aliphatic rings. The summed E-state index contributed by atoms with van der Waals surface area (Å²) >= 11 is 0. The summed E-state index contributed by atoms with van der Waals surface area (Å²) in [6.45, 7) is 10.7. The first-order valence-corrected chi connectivity index (χ1v) is 8.68. The fourth-order valence-corrected chi connectivity index (χ4v) is 2.96. The molecule has 0 saturated heterocycles. The van der Waals surface area contributed by atoms with Gasteiger partial charge in [0.05, 0.1) is 7.11 Å². The Morgan fingerprint density at radius 2 is 1.80 bits per heavy atom. The summed E-state index contributed by atoms with van der Waals surface area (Å²) in [4.78, 5) is 0. The Morgan fingerprint density at radius 3 is 2.40 bits per heavy atom. The van der Waals surface area contributed by atoms with Gasteiger partial charge in [-0.2, -0.15) is 0 Å². The molecule has 25 heavy (non-hydrogen) atoms. The summed E-state index contributed by atoms with van der Waals surface area (Å²) in [6.07, 6.45) is 4.90. The molecule has 2 heteroatoms. The van der Waals surface area contributed by atoms with Gasteiger partial charge >= 0.3 is 0 Å². The van der Waals surface area contributed by atoms with E-state index in [1.165, 1.54) is 27.8 Å². The van der Waals surface area contributed by atoms with E-state index in [0.717, 1.165) is 30.6 Å². The first kappa shape index (κ1) is 18.9. The van der Waals surface area contributed by atoms with Crippen LogP contribution in [0.5, 0.6) is 11.5 Å². The third-order valence-electron chi connectivity index (χ3n) is 4.52. The molecule has 0 amide bonds. The van der Waals surface area contributed by atoms with Gasteiger partial charge in [-0.15, -0.1) is 0 Å². The number of hydrogen-bond donors (Lipinski definition) is 1. The van der Waals surface area contributed by atoms with Crippen molar-refractivity contribution in [2.24, 2.45) is 0 Å². The lowest BCUT2D eigenvalue weighted by Gasteiger charge is -2.16. The maximum atomic E-state index is 9.38. The topological polar surface area (TPSA) is 29.5 Å². The van der Waals surface area contributed by atoms with Gasteiger partial charge in [0, 0.05) is 5.56 Å². The van der Waals surface area contributed by atoms with Crippen molar-refractivity contribution in [3.05, 3.63) is 76.9 Å². The molecule has 2 rings (SSSR count). The van der Waals surface area contributed by atoms with Crippen LogP contribution in [0.1, 0.15) is 42.5 Å². The van der Waals surface area contributed by atoms with Gasteiger partial charge in [-0.1, -0.05) is 36.4 Å². The van der Waals surface area contributed by atoms with Gasteiger partial charge in [-0.3, -0.25) is 0 Å². The molecule has 2 aromatic carbocycles. The predicted molar refractivity (Wildman–Crippen MR) is 106 cm³/mol. The Bertz CT molecular complexity index is 763. The zero-order valence-corrected chi connectivity index (χ0v) is 15.7. The number of phenols is 1. The predicted octanol–water partition coefficient (Wildman–Crippen LogP) is 5.86. The minimum absolute atomic E-state index is 0.303. The number of ether oxygens (including phenoxy) is 1. The summed E-state index contributed by atoms with van der Waals surface area (Å²) in [6, 6.07) is 11.5. The van der Waals surface area contributed by atoms with Gasteiger partial charge in [-0.25, -0.2) is 0 Å². The van der Waals surface area contributed by atoms with Crippen LogP contribution >= 0.6 is 0 Å². The first-order valence-electron chi connectivity index (χ1n) is 8.68. The summed E-state index contributed by atoms with van der Waals surface area (Å²) in [5, 5.41) is 9.38. The van der Waals surface area contributed by atoms with Gasteiger partial charge in [0.2, 0.25) is 0 Å². The Labute approximate surface area is 151 Å². The lowest BCUT2D eigenvalue weighted by molar-refractivity contribution is 0.410. The van der Waals surface area contributed by atoms with E-state index in [2.05, 4.69) is 39.5 Å². The summed E-state index contributed by atoms with van der Waals surface area (Å²) in [7, 11) is 1.72. The van der Waals surface area contributed by atoms with Crippen molar-refractivity contribution in [3.63, 3.8) is 0 Å². The number of rotatable bonds is 7. The van der Waals surface area contributed by atoms with E-state index in [0.29, 0.717) is 5.75 Å². The molecule has 0 unspecified atom stereocenters. The number of phenolic OH excluding ortho intramolecular Hbond substituents is 1. The van der Waals surface area contributed by atoms with Crippen molar-refractivity contribution >= 4 is 5.57 Å². The second-order valence-corrected chi connectivity index (χ2v) is 6.67. The van der Waals surface area contributed by atoms with Crippen molar-refractivity contribution in [2.45, 2.75) is 40.0 Å². The van der Waals surface area contributed by atoms with E-state index < -0.39 is 0 Å². The monoisotopic (exact) mass is 336 g/mol. The molecule has 0 atom stereocenters. The number of allylic oxidation sites excluding steroid dienone is 3. The van der Waals surface area contributed by atoms with Crippen LogP contribution in [0.2, 0.25) is 0 Å². The van der Waals surface area contributed by atoms with Gasteiger partial charge in [0.1, 0.15) is 11.5 Å². The van der Waals surface area contributed by atoms with Gasteiger partial charge in [-0.05, 0) is 80.5 Å². The molecule has 0 spiro atoms. The van der Waals surface area contributed by atoms with Crippen molar-refractivity contribution < 1.29 is 9.84 Å². The second kappa shape index (κ2) is 8.57. The van der Waals surface area contributed by atoms with Crippen molar-refractivity contribution in [1.29, 1.82) is 0 Å². The molecular weight excluding hydrogens is 308 g/mol. The van der Waals surface area contributed by atoms with Crippen molar-refractivity contribution in [2.75, 3.05) is 7.11 Å². The lowest BCUT2D eigenvalue weighted by atomic mass is 9.91. The molecule has 0 aromatic heterocycles. The van der Waals surface area contributed by atoms with Crippen LogP contribution in [0, 0.1) is 6.92 Å². The van der Waals surface area contributed by atoms with Crippen LogP contribution in [-0.2, 0) is 12.8 Å². The van der Waals surface area contributed by atoms with Crippen LogP contribution in [0.4, 0.5) is 0 Å². The molecule has 0 aliphatic carbocycles. The van der Waals surface area contributed by atoms with Crippen molar-refractivity contribution in [1.82, 2.24) is 0 Å². The maximum Gasteiger partial charge on any atom is 0.122 e. The Balaban J connectivity index is 2.19. The third-order valence-corrected chi connectivity index (χ3v) is 4.52. The highest BCUT2D eigenvalue weighted by Gasteiger charge is 2.12. The van der Waals surface area contributed by atoms with E-state index in [-0.39, 0.29) is 0 Å². The van der Waals surface area contributed by atoms with Crippen molar-refractivity contribution in [3.8, 4) is 11.5 Å². The summed E-state index contributed by atoms with van der Waals surface area (Å²) in [5.41, 5.74) is 7.32. The minimum atomic E-state index is 0.303. The van der Waals surface area contributed by atoms with E-state index in [9.17, 15) is 5.11 Å². The highest BCUT2D eigenvalue weighted by molar-refractivity contribution is 5.69. The normalized spacial score (nSPS) is 10.4. The Kier molecular flexibility index (Phi) is 6.46. The quantitative estimate of drug-likeness (QED) is 0.641. The van der Waals surface area contributed by atoms with Crippen LogP contribution in [0.15, 0.2) is 54.6 Å². The molecule has 1 N–H and O–H groups in total. The first-order chi connectivity index (χ1) is 11.9. The smallest absolute Gasteiger partial charge is 0.122 e. The molecule has 132 valence electrons. The zero-order chi connectivity index (χ0) is 18.4. The molecule has 2 nitrogen and oxygen atoms in total. The minimum Gasteiger partial charge on any atom is -0.508 e. The standard InChI is InChI=1S/C23H28O2/c1-16(2)6-13-22-18(4)21(14-15-23(22)25-5)17(3)7-8-19-9-11-20(24)12-10-19/h6,9-12,14-15,24H,3,7-8,13H2,1-2,4-5H3. The van der Waals surface area contributed by atoms with E-state index in [4.69, 9.17) is 4.74 Å². The fourth-order valence-electron chi connectivity index (χ4n) is 2.96. The average Bonchev–Trinajstić information content (AvgIpc) is 2.59.